The number of ether oxygens (including phenoxy) is 1. The summed E-state index contributed by atoms with van der Waals surface area (Å²) in [4.78, 5) is 0. The first-order valence-corrected chi connectivity index (χ1v) is 9.33. The molecule has 3 unspecified atom stereocenters. The zero-order valence-electron chi connectivity index (χ0n) is 12.3. The van der Waals surface area contributed by atoms with Crippen molar-refractivity contribution < 1.29 is 13.2 Å². The number of rotatable bonds is 4. The molecule has 3 atom stereocenters. The lowest BCUT2D eigenvalue weighted by Gasteiger charge is -2.42. The van der Waals surface area contributed by atoms with Crippen molar-refractivity contribution in [3.05, 3.63) is 0 Å². The fraction of sp³-hybridized carbons (Fsp3) is 1.00. The van der Waals surface area contributed by atoms with Gasteiger partial charge in [0.05, 0.1) is 10.9 Å². The van der Waals surface area contributed by atoms with Gasteiger partial charge in [0.15, 0.2) is 9.84 Å². The Hall–Kier alpha value is -0.130. The van der Waals surface area contributed by atoms with Crippen molar-refractivity contribution in [2.45, 2.75) is 62.3 Å². The van der Waals surface area contributed by atoms with Crippen LogP contribution in [0.25, 0.3) is 0 Å². The maximum Gasteiger partial charge on any atom is 0.151 e. The molecule has 1 aliphatic heterocycles. The molecule has 1 heterocycles. The lowest BCUT2D eigenvalue weighted by molar-refractivity contribution is -0.0975. The van der Waals surface area contributed by atoms with Crippen molar-refractivity contribution in [2.75, 3.05) is 19.9 Å². The molecule has 0 aromatic carbocycles. The Labute approximate surface area is 117 Å². The molecular formula is C14H27NO3S. The summed E-state index contributed by atoms with van der Waals surface area (Å²) in [5, 5.41) is 2.92. The number of sulfone groups is 1. The summed E-state index contributed by atoms with van der Waals surface area (Å²) in [6.45, 7) is 2.60. The van der Waals surface area contributed by atoms with E-state index < -0.39 is 9.84 Å². The average molecular weight is 289 g/mol. The summed E-state index contributed by atoms with van der Waals surface area (Å²) in [5.41, 5.74) is 0.0508. The SMILES string of the molecule is CNC(C1CCOC2(CCCC2)C1)C(C)S(C)(=O)=O. The quantitative estimate of drug-likeness (QED) is 0.856. The van der Waals surface area contributed by atoms with Crippen molar-refractivity contribution in [3.8, 4) is 0 Å². The number of nitrogens with one attached hydrogen (secondary N) is 1. The molecule has 112 valence electrons. The minimum atomic E-state index is -3.00. The van der Waals surface area contributed by atoms with Gasteiger partial charge in [-0.2, -0.15) is 0 Å². The van der Waals surface area contributed by atoms with Crippen molar-refractivity contribution in [3.63, 3.8) is 0 Å². The van der Waals surface area contributed by atoms with Crippen LogP contribution in [0, 0.1) is 5.92 Å². The van der Waals surface area contributed by atoms with Crippen LogP contribution in [0.4, 0.5) is 0 Å². The van der Waals surface area contributed by atoms with Crippen LogP contribution in [0.1, 0.15) is 45.4 Å². The molecule has 1 saturated heterocycles. The Morgan fingerprint density at radius 3 is 2.47 bits per heavy atom. The van der Waals surface area contributed by atoms with Gasteiger partial charge in [-0.3, -0.25) is 0 Å². The first-order chi connectivity index (χ1) is 8.88. The molecule has 1 saturated carbocycles. The molecule has 1 aliphatic carbocycles. The standard InChI is InChI=1S/C14H27NO3S/c1-11(19(3,16)17)13(15-2)12-6-9-18-14(10-12)7-4-5-8-14/h11-13,15H,4-10H2,1-3H3. The third-order valence-corrected chi connectivity index (χ3v) is 6.71. The second-order valence-electron chi connectivity index (χ2n) is 6.34. The highest BCUT2D eigenvalue weighted by Gasteiger charge is 2.43. The molecule has 2 aliphatic rings. The number of hydrogen-bond donors (Lipinski definition) is 1. The van der Waals surface area contributed by atoms with Crippen molar-refractivity contribution in [1.29, 1.82) is 0 Å². The van der Waals surface area contributed by atoms with E-state index in [1.807, 2.05) is 14.0 Å². The Bertz CT molecular complexity index is 401. The van der Waals surface area contributed by atoms with E-state index in [2.05, 4.69) is 5.32 Å². The average Bonchev–Trinajstić information content (AvgIpc) is 2.77. The highest BCUT2D eigenvalue weighted by Crippen LogP contribution is 2.43. The van der Waals surface area contributed by atoms with Gasteiger partial charge in [-0.25, -0.2) is 8.42 Å². The van der Waals surface area contributed by atoms with Crippen LogP contribution in [0.3, 0.4) is 0 Å². The van der Waals surface area contributed by atoms with E-state index >= 15 is 0 Å². The molecule has 4 nitrogen and oxygen atoms in total. The maximum atomic E-state index is 11.8. The van der Waals surface area contributed by atoms with Gasteiger partial charge < -0.3 is 10.1 Å². The number of hydrogen-bond acceptors (Lipinski definition) is 4. The first kappa shape index (κ1) is 15.3. The largest absolute Gasteiger partial charge is 0.375 e. The van der Waals surface area contributed by atoms with Gasteiger partial charge in [-0.05, 0) is 45.6 Å². The van der Waals surface area contributed by atoms with Crippen LogP contribution in [-0.4, -0.2) is 45.2 Å². The predicted molar refractivity (Wildman–Crippen MR) is 77.0 cm³/mol. The van der Waals surface area contributed by atoms with E-state index in [4.69, 9.17) is 4.74 Å². The second-order valence-corrected chi connectivity index (χ2v) is 8.74. The molecule has 0 amide bonds. The third-order valence-electron chi connectivity index (χ3n) is 5.07. The van der Waals surface area contributed by atoms with Crippen LogP contribution in [0.15, 0.2) is 0 Å². The zero-order chi connectivity index (χ0) is 14.1. The van der Waals surface area contributed by atoms with Gasteiger partial charge in [-0.15, -0.1) is 0 Å². The fourth-order valence-corrected chi connectivity index (χ4v) is 4.75. The third kappa shape index (κ3) is 3.31. The molecule has 5 heteroatoms. The normalized spacial score (nSPS) is 30.4. The van der Waals surface area contributed by atoms with Gasteiger partial charge in [0.25, 0.3) is 0 Å². The summed E-state index contributed by atoms with van der Waals surface area (Å²) in [6.07, 6.45) is 8.11. The Balaban J connectivity index is 2.10. The fourth-order valence-electron chi connectivity index (χ4n) is 3.86. The smallest absolute Gasteiger partial charge is 0.151 e. The summed E-state index contributed by atoms with van der Waals surface area (Å²) in [7, 11) is -1.12. The van der Waals surface area contributed by atoms with Crippen molar-refractivity contribution in [1.82, 2.24) is 5.32 Å². The highest BCUT2D eigenvalue weighted by molar-refractivity contribution is 7.91. The summed E-state index contributed by atoms with van der Waals surface area (Å²) in [5.74, 6) is 0.404. The molecule has 0 aromatic heterocycles. The van der Waals surface area contributed by atoms with Crippen LogP contribution in [0.2, 0.25) is 0 Å². The summed E-state index contributed by atoms with van der Waals surface area (Å²) >= 11 is 0. The molecule has 19 heavy (non-hydrogen) atoms. The Morgan fingerprint density at radius 2 is 1.95 bits per heavy atom. The lowest BCUT2D eigenvalue weighted by atomic mass is 9.80. The summed E-state index contributed by atoms with van der Waals surface area (Å²) < 4.78 is 29.7. The molecule has 0 aromatic rings. The van der Waals surface area contributed by atoms with Gasteiger partial charge in [0.2, 0.25) is 0 Å². The molecule has 0 bridgehead atoms. The molecule has 2 rings (SSSR count). The van der Waals surface area contributed by atoms with E-state index in [9.17, 15) is 8.42 Å². The van der Waals surface area contributed by atoms with E-state index in [-0.39, 0.29) is 16.9 Å². The van der Waals surface area contributed by atoms with Crippen LogP contribution in [-0.2, 0) is 14.6 Å². The lowest BCUT2D eigenvalue weighted by Crippen LogP contribution is -2.51. The van der Waals surface area contributed by atoms with E-state index in [0.29, 0.717) is 5.92 Å². The van der Waals surface area contributed by atoms with Crippen molar-refractivity contribution >= 4 is 9.84 Å². The Kier molecular flexibility index (Phi) is 4.58. The topological polar surface area (TPSA) is 55.4 Å². The van der Waals surface area contributed by atoms with Gasteiger partial charge in [-0.1, -0.05) is 12.8 Å². The van der Waals surface area contributed by atoms with E-state index in [0.717, 1.165) is 32.3 Å². The molecule has 0 radical (unpaired) electrons. The zero-order valence-corrected chi connectivity index (χ0v) is 13.1. The predicted octanol–water partition coefficient (Wildman–Crippen LogP) is 1.75. The highest BCUT2D eigenvalue weighted by atomic mass is 32.2. The second kappa shape index (κ2) is 5.70. The minimum absolute atomic E-state index is 0.0383. The van der Waals surface area contributed by atoms with Crippen molar-refractivity contribution in [2.24, 2.45) is 5.92 Å². The van der Waals surface area contributed by atoms with Crippen LogP contribution < -0.4 is 5.32 Å². The Morgan fingerprint density at radius 1 is 1.32 bits per heavy atom. The first-order valence-electron chi connectivity index (χ1n) is 7.38. The van der Waals surface area contributed by atoms with Gasteiger partial charge in [0, 0.05) is 18.9 Å². The van der Waals surface area contributed by atoms with Crippen LogP contribution in [0.5, 0.6) is 0 Å². The minimum Gasteiger partial charge on any atom is -0.375 e. The van der Waals surface area contributed by atoms with E-state index in [1.54, 1.807) is 0 Å². The maximum absolute atomic E-state index is 11.8. The summed E-state index contributed by atoms with van der Waals surface area (Å²) in [6, 6.07) is 0.0383. The molecule has 1 spiro atoms. The van der Waals surface area contributed by atoms with E-state index in [1.165, 1.54) is 19.1 Å². The van der Waals surface area contributed by atoms with Gasteiger partial charge >= 0.3 is 0 Å². The molecule has 2 fully saturated rings. The monoisotopic (exact) mass is 289 g/mol. The van der Waals surface area contributed by atoms with Crippen LogP contribution >= 0.6 is 0 Å². The molecule has 1 N–H and O–H groups in total. The molecular weight excluding hydrogens is 262 g/mol. The van der Waals surface area contributed by atoms with Gasteiger partial charge in [0.1, 0.15) is 0 Å².